The molecule has 0 bridgehead atoms. The Balaban J connectivity index is 2.99. The second kappa shape index (κ2) is 21.5. The van der Waals surface area contributed by atoms with E-state index in [0.29, 0.717) is 13.0 Å². The van der Waals surface area contributed by atoms with Crippen molar-refractivity contribution in [1.29, 1.82) is 0 Å². The molecule has 0 unspecified atom stereocenters. The molecule has 1 N–H and O–H groups in total. The number of hydrogen-bond donors (Lipinski definition) is 1. The van der Waals surface area contributed by atoms with E-state index in [9.17, 15) is 4.79 Å². The highest BCUT2D eigenvalue weighted by molar-refractivity contribution is 5.68. The molecule has 0 aromatic carbocycles. The summed E-state index contributed by atoms with van der Waals surface area (Å²) in [6.45, 7) is 0.358. The van der Waals surface area contributed by atoms with Crippen LogP contribution in [0.15, 0.2) is 0 Å². The number of hydrogen-bond acceptors (Lipinski definition) is 3. The molecule has 0 atom stereocenters. The van der Waals surface area contributed by atoms with Gasteiger partial charge in [-0.25, -0.2) is 0 Å². The Hall–Kier alpha value is -0.570. The van der Waals surface area contributed by atoms with Gasteiger partial charge >= 0.3 is 5.97 Å². The van der Waals surface area contributed by atoms with Crippen LogP contribution >= 0.6 is 0 Å². The van der Waals surface area contributed by atoms with Crippen LogP contribution in [0.5, 0.6) is 0 Å². The molecule has 0 radical (unpaired) electrons. The van der Waals surface area contributed by atoms with Crippen LogP contribution in [0.1, 0.15) is 122 Å². The van der Waals surface area contributed by atoms with Crippen LogP contribution < -0.4 is 0 Å². The molecule has 0 aliphatic heterocycles. The van der Waals surface area contributed by atoms with Gasteiger partial charge in [0, 0.05) is 13.0 Å². The van der Waals surface area contributed by atoms with Gasteiger partial charge in [0.2, 0.25) is 0 Å². The van der Waals surface area contributed by atoms with Crippen molar-refractivity contribution < 1.29 is 14.6 Å². The molecule has 3 heteroatoms. The maximum atomic E-state index is 11.0. The smallest absolute Gasteiger partial charge is 0.305 e. The molecule has 0 fully saturated rings. The van der Waals surface area contributed by atoms with E-state index in [4.69, 9.17) is 5.11 Å². The lowest BCUT2D eigenvalue weighted by Gasteiger charge is -2.04. The lowest BCUT2D eigenvalue weighted by Crippen LogP contribution is -1.99. The predicted octanol–water partition coefficient (Wildman–Crippen LogP) is 6.56. The minimum Gasteiger partial charge on any atom is -0.469 e. The molecule has 150 valence electrons. The summed E-state index contributed by atoms with van der Waals surface area (Å²) in [5.41, 5.74) is 0. The van der Waals surface area contributed by atoms with E-state index in [1.807, 2.05) is 0 Å². The van der Waals surface area contributed by atoms with Gasteiger partial charge < -0.3 is 9.84 Å². The number of unbranched alkanes of at least 4 members (excludes halogenated alkanes) is 17. The number of aliphatic hydroxyl groups excluding tert-OH is 1. The SMILES string of the molecule is COC(=O)CCCCCCCCCCCCCCCCCCCCO. The van der Waals surface area contributed by atoms with Gasteiger partial charge in [-0.3, -0.25) is 4.79 Å². The van der Waals surface area contributed by atoms with Crippen LogP contribution in [-0.4, -0.2) is 24.8 Å². The van der Waals surface area contributed by atoms with E-state index in [-0.39, 0.29) is 5.97 Å². The molecule has 0 amide bonds. The van der Waals surface area contributed by atoms with Crippen molar-refractivity contribution in [2.45, 2.75) is 122 Å². The second-order valence-corrected chi connectivity index (χ2v) is 7.41. The van der Waals surface area contributed by atoms with Gasteiger partial charge in [0.15, 0.2) is 0 Å². The number of ether oxygens (including phenoxy) is 1. The molecule has 25 heavy (non-hydrogen) atoms. The zero-order valence-corrected chi connectivity index (χ0v) is 16.9. The minimum atomic E-state index is -0.0713. The first-order valence-electron chi connectivity index (χ1n) is 11.0. The van der Waals surface area contributed by atoms with E-state index >= 15 is 0 Å². The average Bonchev–Trinajstić information content (AvgIpc) is 2.63. The zero-order valence-electron chi connectivity index (χ0n) is 16.9. The molecule has 0 aliphatic rings. The van der Waals surface area contributed by atoms with Crippen molar-refractivity contribution in [3.63, 3.8) is 0 Å². The number of carbonyl (C=O) groups is 1. The molecule has 0 aromatic rings. The van der Waals surface area contributed by atoms with Gasteiger partial charge in [0.1, 0.15) is 0 Å². The third kappa shape index (κ3) is 21.4. The van der Waals surface area contributed by atoms with Gasteiger partial charge in [-0.05, 0) is 12.8 Å². The first-order chi connectivity index (χ1) is 12.3. The molecule has 0 saturated carbocycles. The van der Waals surface area contributed by atoms with Gasteiger partial charge in [0.05, 0.1) is 7.11 Å². The monoisotopic (exact) mass is 356 g/mol. The van der Waals surface area contributed by atoms with Gasteiger partial charge in [0.25, 0.3) is 0 Å². The number of methoxy groups -OCH3 is 1. The summed E-state index contributed by atoms with van der Waals surface area (Å²) in [6.07, 6.45) is 24.1. The largest absolute Gasteiger partial charge is 0.469 e. The Kier molecular flexibility index (Phi) is 21.0. The summed E-state index contributed by atoms with van der Waals surface area (Å²) in [5, 5.41) is 8.71. The highest BCUT2D eigenvalue weighted by Gasteiger charge is 1.99. The van der Waals surface area contributed by atoms with Crippen LogP contribution in [0.3, 0.4) is 0 Å². The molecule has 0 saturated heterocycles. The third-order valence-electron chi connectivity index (χ3n) is 5.02. The van der Waals surface area contributed by atoms with Crippen molar-refractivity contribution in [2.75, 3.05) is 13.7 Å². The first-order valence-corrected chi connectivity index (χ1v) is 11.0. The highest BCUT2D eigenvalue weighted by atomic mass is 16.5. The van der Waals surface area contributed by atoms with Crippen molar-refractivity contribution in [3.05, 3.63) is 0 Å². The topological polar surface area (TPSA) is 46.5 Å². The summed E-state index contributed by atoms with van der Waals surface area (Å²) in [7, 11) is 1.46. The average molecular weight is 357 g/mol. The Morgan fingerprint density at radius 2 is 0.840 bits per heavy atom. The standard InChI is InChI=1S/C22H44O3/c1-25-22(24)20-18-16-14-12-10-8-6-4-2-3-5-7-9-11-13-15-17-19-21-23/h23H,2-21H2,1H3. The predicted molar refractivity (Wildman–Crippen MR) is 107 cm³/mol. The van der Waals surface area contributed by atoms with E-state index in [0.717, 1.165) is 19.3 Å². The molecule has 0 aliphatic carbocycles. The first kappa shape index (κ1) is 24.4. The Morgan fingerprint density at radius 1 is 0.560 bits per heavy atom. The number of rotatable bonds is 20. The van der Waals surface area contributed by atoms with E-state index < -0.39 is 0 Å². The van der Waals surface area contributed by atoms with E-state index in [1.165, 1.54) is 103 Å². The fourth-order valence-electron chi connectivity index (χ4n) is 3.31. The van der Waals surface area contributed by atoms with Gasteiger partial charge in [-0.2, -0.15) is 0 Å². The highest BCUT2D eigenvalue weighted by Crippen LogP contribution is 2.14. The van der Waals surface area contributed by atoms with Crippen LogP contribution in [0.4, 0.5) is 0 Å². The molecule has 3 nitrogen and oxygen atoms in total. The lowest BCUT2D eigenvalue weighted by molar-refractivity contribution is -0.140. The van der Waals surface area contributed by atoms with Crippen molar-refractivity contribution in [2.24, 2.45) is 0 Å². The van der Waals surface area contributed by atoms with E-state index in [1.54, 1.807) is 0 Å². The zero-order chi connectivity index (χ0) is 18.4. The normalized spacial score (nSPS) is 11.0. The molecule has 0 spiro atoms. The van der Waals surface area contributed by atoms with E-state index in [2.05, 4.69) is 4.74 Å². The Morgan fingerprint density at radius 3 is 1.12 bits per heavy atom. The maximum Gasteiger partial charge on any atom is 0.305 e. The molecular formula is C22H44O3. The summed E-state index contributed by atoms with van der Waals surface area (Å²) in [6, 6.07) is 0. The maximum absolute atomic E-state index is 11.0. The Bertz CT molecular complexity index is 266. The summed E-state index contributed by atoms with van der Waals surface area (Å²) in [5.74, 6) is -0.0713. The van der Waals surface area contributed by atoms with Crippen molar-refractivity contribution in [3.8, 4) is 0 Å². The van der Waals surface area contributed by atoms with Crippen molar-refractivity contribution in [1.82, 2.24) is 0 Å². The molecule has 0 rings (SSSR count). The minimum absolute atomic E-state index is 0.0713. The van der Waals surface area contributed by atoms with Gasteiger partial charge in [-0.1, -0.05) is 103 Å². The number of carbonyl (C=O) groups excluding carboxylic acids is 1. The lowest BCUT2D eigenvalue weighted by atomic mass is 10.0. The second-order valence-electron chi connectivity index (χ2n) is 7.41. The van der Waals surface area contributed by atoms with Crippen LogP contribution in [0.25, 0.3) is 0 Å². The summed E-state index contributed by atoms with van der Waals surface area (Å²) in [4.78, 5) is 11.0. The quantitative estimate of drug-likeness (QED) is 0.198. The summed E-state index contributed by atoms with van der Waals surface area (Å²) < 4.78 is 4.64. The van der Waals surface area contributed by atoms with Crippen LogP contribution in [0.2, 0.25) is 0 Å². The van der Waals surface area contributed by atoms with Crippen LogP contribution in [-0.2, 0) is 9.53 Å². The van der Waals surface area contributed by atoms with Crippen molar-refractivity contribution >= 4 is 5.97 Å². The number of aliphatic hydroxyl groups is 1. The summed E-state index contributed by atoms with van der Waals surface area (Å²) >= 11 is 0. The third-order valence-corrected chi connectivity index (χ3v) is 5.02. The fourth-order valence-corrected chi connectivity index (χ4v) is 3.31. The molecule has 0 aromatic heterocycles. The molecule has 0 heterocycles. The fraction of sp³-hybridized carbons (Fsp3) is 0.955. The number of esters is 1. The Labute approximate surface area is 156 Å². The van der Waals surface area contributed by atoms with Gasteiger partial charge in [-0.15, -0.1) is 0 Å². The molecular weight excluding hydrogens is 312 g/mol. The van der Waals surface area contributed by atoms with Crippen LogP contribution in [0, 0.1) is 0 Å².